The van der Waals surface area contributed by atoms with E-state index in [1.54, 1.807) is 49.4 Å². The van der Waals surface area contributed by atoms with Crippen molar-refractivity contribution in [2.45, 2.75) is 12.5 Å². The SMILES string of the molecule is CC(Nc1ccccc1Cl)(C(N)=O)c1cccc(Cl)c1Cl. The van der Waals surface area contributed by atoms with E-state index in [9.17, 15) is 4.79 Å². The lowest BCUT2D eigenvalue weighted by molar-refractivity contribution is -0.122. The molecule has 0 aliphatic carbocycles. The van der Waals surface area contributed by atoms with Crippen molar-refractivity contribution in [1.82, 2.24) is 0 Å². The predicted octanol–water partition coefficient (Wildman–Crippen LogP) is 4.46. The Morgan fingerprint density at radius 3 is 2.29 bits per heavy atom. The fourth-order valence-corrected chi connectivity index (χ4v) is 2.66. The van der Waals surface area contributed by atoms with Crippen molar-refractivity contribution in [3.05, 3.63) is 63.1 Å². The molecule has 3 N–H and O–H groups in total. The average Bonchev–Trinajstić information content (AvgIpc) is 2.44. The molecule has 0 aromatic heterocycles. The highest BCUT2D eigenvalue weighted by Crippen LogP contribution is 2.36. The van der Waals surface area contributed by atoms with Crippen LogP contribution in [-0.4, -0.2) is 5.91 Å². The topological polar surface area (TPSA) is 55.1 Å². The number of para-hydroxylation sites is 1. The fraction of sp³-hybridized carbons (Fsp3) is 0.133. The summed E-state index contributed by atoms with van der Waals surface area (Å²) in [4.78, 5) is 12.0. The second-order valence-corrected chi connectivity index (χ2v) is 5.89. The summed E-state index contributed by atoms with van der Waals surface area (Å²) in [7, 11) is 0. The number of hydrogen-bond donors (Lipinski definition) is 2. The standard InChI is InChI=1S/C15H13Cl3N2O/c1-15(14(19)21,9-5-4-7-11(17)13(9)18)20-12-8-3-2-6-10(12)16/h2-8,20H,1H3,(H2,19,21). The highest BCUT2D eigenvalue weighted by atomic mass is 35.5. The second-order valence-electron chi connectivity index (χ2n) is 4.70. The minimum Gasteiger partial charge on any atom is -0.367 e. The summed E-state index contributed by atoms with van der Waals surface area (Å²) in [5, 5.41) is 4.16. The number of anilines is 1. The first-order chi connectivity index (χ1) is 9.86. The van der Waals surface area contributed by atoms with Crippen molar-refractivity contribution in [3.63, 3.8) is 0 Å². The Morgan fingerprint density at radius 2 is 1.67 bits per heavy atom. The zero-order valence-electron chi connectivity index (χ0n) is 11.2. The Balaban J connectivity index is 2.54. The van der Waals surface area contributed by atoms with E-state index in [1.165, 1.54) is 0 Å². The van der Waals surface area contributed by atoms with Gasteiger partial charge in [0.25, 0.3) is 0 Å². The van der Waals surface area contributed by atoms with E-state index in [4.69, 9.17) is 40.5 Å². The third-order valence-electron chi connectivity index (χ3n) is 3.24. The maximum absolute atomic E-state index is 12.0. The quantitative estimate of drug-likeness (QED) is 0.861. The van der Waals surface area contributed by atoms with Gasteiger partial charge in [-0.1, -0.05) is 59.1 Å². The van der Waals surface area contributed by atoms with Crippen LogP contribution in [-0.2, 0) is 10.3 Å². The molecule has 0 bridgehead atoms. The van der Waals surface area contributed by atoms with Gasteiger partial charge in [-0.2, -0.15) is 0 Å². The number of rotatable bonds is 4. The van der Waals surface area contributed by atoms with Crippen LogP contribution in [0, 0.1) is 0 Å². The summed E-state index contributed by atoms with van der Waals surface area (Å²) in [5.41, 5.74) is 5.40. The maximum Gasteiger partial charge on any atom is 0.247 e. The lowest BCUT2D eigenvalue weighted by atomic mass is 9.90. The van der Waals surface area contributed by atoms with Crippen LogP contribution in [0.1, 0.15) is 12.5 Å². The number of nitrogens with one attached hydrogen (secondary N) is 1. The Hall–Kier alpha value is -1.42. The number of hydrogen-bond acceptors (Lipinski definition) is 2. The molecule has 1 atom stereocenters. The molecule has 0 aliphatic rings. The summed E-state index contributed by atoms with van der Waals surface area (Å²) in [5.74, 6) is -0.591. The van der Waals surface area contributed by atoms with Crippen molar-refractivity contribution in [1.29, 1.82) is 0 Å². The van der Waals surface area contributed by atoms with Gasteiger partial charge in [-0.05, 0) is 25.1 Å². The fourth-order valence-electron chi connectivity index (χ4n) is 1.98. The largest absolute Gasteiger partial charge is 0.367 e. The van der Waals surface area contributed by atoms with Gasteiger partial charge in [-0.15, -0.1) is 0 Å². The van der Waals surface area contributed by atoms with Gasteiger partial charge in [0.15, 0.2) is 0 Å². The lowest BCUT2D eigenvalue weighted by Crippen LogP contribution is -2.45. The van der Waals surface area contributed by atoms with E-state index in [-0.39, 0.29) is 5.02 Å². The summed E-state index contributed by atoms with van der Waals surface area (Å²) in [6.07, 6.45) is 0. The van der Waals surface area contributed by atoms with Crippen molar-refractivity contribution in [3.8, 4) is 0 Å². The number of carbonyl (C=O) groups is 1. The third kappa shape index (κ3) is 3.10. The lowest BCUT2D eigenvalue weighted by Gasteiger charge is -2.30. The molecule has 0 saturated carbocycles. The Morgan fingerprint density at radius 1 is 1.05 bits per heavy atom. The van der Waals surface area contributed by atoms with Gasteiger partial charge in [0.1, 0.15) is 5.54 Å². The van der Waals surface area contributed by atoms with E-state index in [1.807, 2.05) is 0 Å². The molecule has 2 rings (SSSR count). The van der Waals surface area contributed by atoms with Crippen LogP contribution in [0.4, 0.5) is 5.69 Å². The van der Waals surface area contributed by atoms with E-state index in [0.29, 0.717) is 21.3 Å². The van der Waals surface area contributed by atoms with Crippen LogP contribution < -0.4 is 11.1 Å². The molecule has 0 radical (unpaired) electrons. The molecule has 2 aromatic rings. The zero-order valence-corrected chi connectivity index (χ0v) is 13.4. The van der Waals surface area contributed by atoms with Gasteiger partial charge in [-0.25, -0.2) is 0 Å². The minimum atomic E-state index is -1.24. The van der Waals surface area contributed by atoms with Crippen LogP contribution in [0.15, 0.2) is 42.5 Å². The molecule has 6 heteroatoms. The van der Waals surface area contributed by atoms with Crippen LogP contribution in [0.5, 0.6) is 0 Å². The Labute approximate surface area is 138 Å². The molecule has 0 fully saturated rings. The van der Waals surface area contributed by atoms with Crippen LogP contribution in [0.2, 0.25) is 15.1 Å². The smallest absolute Gasteiger partial charge is 0.247 e. The molecule has 21 heavy (non-hydrogen) atoms. The highest BCUT2D eigenvalue weighted by Gasteiger charge is 2.36. The minimum absolute atomic E-state index is 0.278. The predicted molar refractivity (Wildman–Crippen MR) is 88.1 cm³/mol. The first-order valence-electron chi connectivity index (χ1n) is 6.13. The average molecular weight is 344 g/mol. The van der Waals surface area contributed by atoms with Gasteiger partial charge in [0, 0.05) is 5.56 Å². The molecule has 0 spiro atoms. The maximum atomic E-state index is 12.0. The molecule has 0 saturated heterocycles. The van der Waals surface area contributed by atoms with Gasteiger partial charge in [0.05, 0.1) is 20.8 Å². The van der Waals surface area contributed by atoms with E-state index >= 15 is 0 Å². The Bertz CT molecular complexity index is 690. The highest BCUT2D eigenvalue weighted by molar-refractivity contribution is 6.42. The Kier molecular flexibility index (Phi) is 4.67. The van der Waals surface area contributed by atoms with Crippen LogP contribution in [0.3, 0.4) is 0 Å². The molecular formula is C15H13Cl3N2O. The summed E-state index contributed by atoms with van der Waals surface area (Å²) in [6, 6.07) is 12.1. The number of benzene rings is 2. The number of carbonyl (C=O) groups excluding carboxylic acids is 1. The van der Waals surface area contributed by atoms with Crippen LogP contribution in [0.25, 0.3) is 0 Å². The van der Waals surface area contributed by atoms with Crippen molar-refractivity contribution >= 4 is 46.4 Å². The molecule has 1 unspecified atom stereocenters. The monoisotopic (exact) mass is 342 g/mol. The third-order valence-corrected chi connectivity index (χ3v) is 4.39. The van der Waals surface area contributed by atoms with Crippen LogP contribution >= 0.6 is 34.8 Å². The van der Waals surface area contributed by atoms with E-state index in [2.05, 4.69) is 5.32 Å². The normalized spacial score (nSPS) is 13.5. The van der Waals surface area contributed by atoms with E-state index < -0.39 is 11.4 Å². The van der Waals surface area contributed by atoms with Crippen molar-refractivity contribution in [2.24, 2.45) is 5.73 Å². The van der Waals surface area contributed by atoms with Crippen molar-refractivity contribution in [2.75, 3.05) is 5.32 Å². The zero-order chi connectivity index (χ0) is 15.6. The number of amides is 1. The molecule has 0 heterocycles. The van der Waals surface area contributed by atoms with Gasteiger partial charge < -0.3 is 11.1 Å². The van der Waals surface area contributed by atoms with Gasteiger partial charge in [-0.3, -0.25) is 4.79 Å². The second kappa shape index (κ2) is 6.14. The first kappa shape index (κ1) is 16.0. The number of halogens is 3. The molecule has 2 aromatic carbocycles. The molecule has 0 aliphatic heterocycles. The summed E-state index contributed by atoms with van der Waals surface area (Å²) in [6.45, 7) is 1.64. The van der Waals surface area contributed by atoms with Gasteiger partial charge in [0.2, 0.25) is 5.91 Å². The van der Waals surface area contributed by atoms with Crippen molar-refractivity contribution < 1.29 is 4.79 Å². The summed E-state index contributed by atoms with van der Waals surface area (Å²) >= 11 is 18.4. The number of primary amides is 1. The first-order valence-corrected chi connectivity index (χ1v) is 7.27. The van der Waals surface area contributed by atoms with E-state index in [0.717, 1.165) is 0 Å². The number of nitrogens with two attached hydrogens (primary N) is 1. The molecule has 1 amide bonds. The van der Waals surface area contributed by atoms with Gasteiger partial charge >= 0.3 is 0 Å². The molecule has 110 valence electrons. The molecule has 3 nitrogen and oxygen atoms in total. The summed E-state index contributed by atoms with van der Waals surface area (Å²) < 4.78 is 0. The molecular weight excluding hydrogens is 331 g/mol.